The molecule has 1 aliphatic rings. The zero-order chi connectivity index (χ0) is 24.9. The summed E-state index contributed by atoms with van der Waals surface area (Å²) in [7, 11) is 5.20. The molecule has 2 aromatic carbocycles. The van der Waals surface area contributed by atoms with Gasteiger partial charge in [0.15, 0.2) is 11.5 Å². The van der Waals surface area contributed by atoms with E-state index >= 15 is 0 Å². The van der Waals surface area contributed by atoms with Gasteiger partial charge in [-0.25, -0.2) is 0 Å². The van der Waals surface area contributed by atoms with Crippen molar-refractivity contribution in [1.29, 1.82) is 0 Å². The molecule has 0 unspecified atom stereocenters. The number of halogens is 2. The molecule has 37 heavy (non-hydrogen) atoms. The Balaban J connectivity index is 0.00000342. The van der Waals surface area contributed by atoms with Crippen molar-refractivity contribution in [3.8, 4) is 17.2 Å². The van der Waals surface area contributed by atoms with E-state index in [0.717, 1.165) is 49.6 Å². The second-order valence-corrected chi connectivity index (χ2v) is 9.64. The van der Waals surface area contributed by atoms with Crippen molar-refractivity contribution in [3.05, 3.63) is 53.1 Å². The van der Waals surface area contributed by atoms with E-state index in [9.17, 15) is 0 Å². The van der Waals surface area contributed by atoms with Crippen molar-refractivity contribution in [3.63, 3.8) is 0 Å². The summed E-state index contributed by atoms with van der Waals surface area (Å²) in [5.74, 6) is 2.73. The Labute approximate surface area is 237 Å². The third kappa shape index (κ3) is 10.2. The van der Waals surface area contributed by atoms with Crippen LogP contribution in [0.4, 0.5) is 0 Å². The Morgan fingerprint density at radius 1 is 0.892 bits per heavy atom. The molecule has 5 nitrogen and oxygen atoms in total. The number of hydrogen-bond donors (Lipinski definition) is 1. The smallest absolute Gasteiger partial charge is 0.164 e. The molecule has 0 bridgehead atoms. The molecule has 3 rings (SSSR count). The molecule has 0 radical (unpaired) electrons. The standard InChI is InChI=1S/C30H46N2O3.2ClH/c1-5-20-32(26-14-15-28-25(23-26)13-16-29(34-3)30(28)35-4)21-9-7-6-8-18-31-19-17-24-11-10-12-27(22-24)33-2;;/h10-13,16,22,26,31H,5-9,14-15,17-21,23H2,1-4H3;2*1H/t26-;;/m0../s1. The first kappa shape index (κ1) is 33.4. The summed E-state index contributed by atoms with van der Waals surface area (Å²) in [6.45, 7) is 6.84. The minimum atomic E-state index is 0. The van der Waals surface area contributed by atoms with Crippen molar-refractivity contribution in [2.75, 3.05) is 47.5 Å². The molecule has 7 heteroatoms. The zero-order valence-electron chi connectivity index (χ0n) is 23.2. The number of rotatable bonds is 16. The van der Waals surface area contributed by atoms with Crippen LogP contribution in [0.25, 0.3) is 0 Å². The molecule has 210 valence electrons. The van der Waals surface area contributed by atoms with E-state index in [-0.39, 0.29) is 24.8 Å². The highest BCUT2D eigenvalue weighted by atomic mass is 35.5. The predicted molar refractivity (Wildman–Crippen MR) is 160 cm³/mol. The summed E-state index contributed by atoms with van der Waals surface area (Å²) < 4.78 is 16.5. The number of nitrogens with zero attached hydrogens (tertiary/aromatic N) is 1. The van der Waals surface area contributed by atoms with E-state index in [2.05, 4.69) is 47.5 Å². The van der Waals surface area contributed by atoms with Gasteiger partial charge in [0.1, 0.15) is 5.75 Å². The number of methoxy groups -OCH3 is 3. The number of hydrogen-bond acceptors (Lipinski definition) is 5. The third-order valence-electron chi connectivity index (χ3n) is 7.23. The minimum absolute atomic E-state index is 0. The Hall–Kier alpha value is -1.66. The summed E-state index contributed by atoms with van der Waals surface area (Å²) in [6.07, 6.45) is 10.8. The Kier molecular flexibility index (Phi) is 16.7. The lowest BCUT2D eigenvalue weighted by molar-refractivity contribution is 0.175. The monoisotopic (exact) mass is 554 g/mol. The molecule has 1 atom stereocenters. The van der Waals surface area contributed by atoms with Gasteiger partial charge in [0.2, 0.25) is 0 Å². The normalized spacial score (nSPS) is 14.4. The van der Waals surface area contributed by atoms with E-state index in [1.165, 1.54) is 68.3 Å². The molecular weight excluding hydrogens is 507 g/mol. The first-order chi connectivity index (χ1) is 17.2. The van der Waals surface area contributed by atoms with Crippen molar-refractivity contribution in [2.24, 2.45) is 0 Å². The van der Waals surface area contributed by atoms with Gasteiger partial charge >= 0.3 is 0 Å². The molecule has 0 aliphatic heterocycles. The molecule has 0 saturated carbocycles. The largest absolute Gasteiger partial charge is 0.497 e. The fraction of sp³-hybridized carbons (Fsp3) is 0.600. The van der Waals surface area contributed by atoms with Gasteiger partial charge in [0, 0.05) is 11.6 Å². The van der Waals surface area contributed by atoms with Crippen molar-refractivity contribution in [1.82, 2.24) is 10.2 Å². The van der Waals surface area contributed by atoms with Gasteiger partial charge in [0.25, 0.3) is 0 Å². The molecule has 1 aliphatic carbocycles. The fourth-order valence-electron chi connectivity index (χ4n) is 5.34. The first-order valence-corrected chi connectivity index (χ1v) is 13.5. The van der Waals surface area contributed by atoms with Crippen LogP contribution in [0.3, 0.4) is 0 Å². The summed E-state index contributed by atoms with van der Waals surface area (Å²) in [6, 6.07) is 13.3. The predicted octanol–water partition coefficient (Wildman–Crippen LogP) is 6.52. The van der Waals surface area contributed by atoms with Crippen molar-refractivity contribution in [2.45, 2.75) is 70.8 Å². The number of benzene rings is 2. The van der Waals surface area contributed by atoms with Crippen LogP contribution < -0.4 is 19.5 Å². The topological polar surface area (TPSA) is 43.0 Å². The summed E-state index contributed by atoms with van der Waals surface area (Å²) in [5, 5.41) is 3.60. The van der Waals surface area contributed by atoms with Crippen LogP contribution >= 0.6 is 24.8 Å². The average molecular weight is 556 g/mol. The molecule has 0 heterocycles. The molecule has 1 N–H and O–H groups in total. The van der Waals surface area contributed by atoms with Gasteiger partial charge in [-0.2, -0.15) is 0 Å². The van der Waals surface area contributed by atoms with Crippen LogP contribution in [0, 0.1) is 0 Å². The Morgan fingerprint density at radius 3 is 2.43 bits per heavy atom. The lowest BCUT2D eigenvalue weighted by Crippen LogP contribution is -2.40. The van der Waals surface area contributed by atoms with Crippen LogP contribution in [-0.4, -0.2) is 58.5 Å². The maximum atomic E-state index is 5.69. The Bertz CT molecular complexity index is 897. The van der Waals surface area contributed by atoms with Gasteiger partial charge in [-0.05, 0) is 100 Å². The van der Waals surface area contributed by atoms with Gasteiger partial charge < -0.3 is 24.4 Å². The second-order valence-electron chi connectivity index (χ2n) is 9.64. The molecule has 0 spiro atoms. The molecule has 0 saturated heterocycles. The molecule has 0 amide bonds. The van der Waals surface area contributed by atoms with E-state index in [1.54, 1.807) is 21.3 Å². The van der Waals surface area contributed by atoms with Crippen LogP contribution in [-0.2, 0) is 19.3 Å². The van der Waals surface area contributed by atoms with E-state index in [0.29, 0.717) is 6.04 Å². The highest BCUT2D eigenvalue weighted by molar-refractivity contribution is 5.85. The number of nitrogens with one attached hydrogen (secondary N) is 1. The third-order valence-corrected chi connectivity index (χ3v) is 7.23. The average Bonchev–Trinajstić information content (AvgIpc) is 2.90. The first-order valence-electron chi connectivity index (χ1n) is 13.5. The van der Waals surface area contributed by atoms with Gasteiger partial charge in [0.05, 0.1) is 21.3 Å². The van der Waals surface area contributed by atoms with Gasteiger partial charge in [-0.3, -0.25) is 0 Å². The van der Waals surface area contributed by atoms with Crippen LogP contribution in [0.2, 0.25) is 0 Å². The van der Waals surface area contributed by atoms with E-state index < -0.39 is 0 Å². The molecule has 0 aromatic heterocycles. The summed E-state index contributed by atoms with van der Waals surface area (Å²) >= 11 is 0. The van der Waals surface area contributed by atoms with Crippen LogP contribution in [0.5, 0.6) is 17.2 Å². The fourth-order valence-corrected chi connectivity index (χ4v) is 5.34. The van der Waals surface area contributed by atoms with E-state index in [1.807, 2.05) is 6.07 Å². The Morgan fingerprint density at radius 2 is 1.70 bits per heavy atom. The quantitative estimate of drug-likeness (QED) is 0.239. The summed E-state index contributed by atoms with van der Waals surface area (Å²) in [4.78, 5) is 2.74. The zero-order valence-corrected chi connectivity index (χ0v) is 24.9. The van der Waals surface area contributed by atoms with Crippen molar-refractivity contribution >= 4 is 24.8 Å². The lowest BCUT2D eigenvalue weighted by Gasteiger charge is -2.36. The maximum Gasteiger partial charge on any atom is 0.164 e. The van der Waals surface area contributed by atoms with Crippen molar-refractivity contribution < 1.29 is 14.2 Å². The second kappa shape index (κ2) is 18.6. The molecular formula is C30H48Cl2N2O3. The minimum Gasteiger partial charge on any atom is -0.497 e. The maximum absolute atomic E-state index is 5.69. The van der Waals surface area contributed by atoms with Crippen LogP contribution in [0.1, 0.15) is 62.1 Å². The molecule has 0 fully saturated rings. The van der Waals surface area contributed by atoms with Gasteiger partial charge in [-0.15, -0.1) is 24.8 Å². The highest BCUT2D eigenvalue weighted by Gasteiger charge is 2.27. The summed E-state index contributed by atoms with van der Waals surface area (Å²) in [5.41, 5.74) is 4.11. The molecule has 2 aromatic rings. The number of fused-ring (bicyclic) bond motifs is 1. The lowest BCUT2D eigenvalue weighted by atomic mass is 9.86. The van der Waals surface area contributed by atoms with Crippen LogP contribution in [0.15, 0.2) is 36.4 Å². The number of ether oxygens (including phenoxy) is 3. The van der Waals surface area contributed by atoms with Gasteiger partial charge in [-0.1, -0.05) is 38.0 Å². The van der Waals surface area contributed by atoms with E-state index in [4.69, 9.17) is 14.2 Å². The SMILES string of the molecule is CCCN(CCCCCCNCCc1cccc(OC)c1)[C@H]1CCc2c(ccc(OC)c2OC)C1.Cl.Cl. The highest BCUT2D eigenvalue weighted by Crippen LogP contribution is 2.38. The number of unbranched alkanes of at least 4 members (excludes halogenated alkanes) is 3.